The fraction of sp³-hybridized carbons (Fsp3) is 0.269. The normalized spacial score (nSPS) is 25.4. The van der Waals surface area contributed by atoms with Crippen molar-refractivity contribution < 1.29 is 23.2 Å². The van der Waals surface area contributed by atoms with Gasteiger partial charge in [-0.25, -0.2) is 8.78 Å². The van der Waals surface area contributed by atoms with Crippen LogP contribution in [0.25, 0.3) is 5.57 Å². The molecule has 1 aliphatic carbocycles. The SMILES string of the molecule is NC(=O)c1cc(CC(=O)N2C[C@H](F)C[C@H]2C(=O)NC2C=CC=C(c3ccccc3)C2(F)Cl)ccc1Cl. The Labute approximate surface area is 216 Å². The van der Waals surface area contributed by atoms with Crippen LogP contribution in [0.4, 0.5) is 8.78 Å². The lowest BCUT2D eigenvalue weighted by Crippen LogP contribution is -2.53. The maximum atomic E-state index is 15.7. The number of primary amides is 1. The van der Waals surface area contributed by atoms with Crippen molar-refractivity contribution in [1.29, 1.82) is 0 Å². The first-order valence-electron chi connectivity index (χ1n) is 11.2. The molecule has 1 saturated heterocycles. The largest absolute Gasteiger partial charge is 0.366 e. The Bertz CT molecular complexity index is 1250. The van der Waals surface area contributed by atoms with Crippen LogP contribution in [0.5, 0.6) is 0 Å². The number of nitrogens with two attached hydrogens (primary N) is 1. The first kappa shape index (κ1) is 25.9. The number of carbonyl (C=O) groups is 3. The van der Waals surface area contributed by atoms with Crippen LogP contribution >= 0.6 is 23.2 Å². The summed E-state index contributed by atoms with van der Waals surface area (Å²) in [5, 5.41) is 0.223. The van der Waals surface area contributed by atoms with Gasteiger partial charge in [0.1, 0.15) is 18.3 Å². The van der Waals surface area contributed by atoms with E-state index in [9.17, 15) is 18.8 Å². The Kier molecular flexibility index (Phi) is 7.47. The minimum atomic E-state index is -2.46. The summed E-state index contributed by atoms with van der Waals surface area (Å²) in [5.41, 5.74) is 6.51. The molecule has 2 unspecified atom stereocenters. The number of halogens is 4. The summed E-state index contributed by atoms with van der Waals surface area (Å²) in [7, 11) is 0. The summed E-state index contributed by atoms with van der Waals surface area (Å²) >= 11 is 12.2. The van der Waals surface area contributed by atoms with Gasteiger partial charge in [0, 0.05) is 12.0 Å². The van der Waals surface area contributed by atoms with Gasteiger partial charge in [0.25, 0.3) is 0 Å². The van der Waals surface area contributed by atoms with Gasteiger partial charge in [-0.2, -0.15) is 0 Å². The maximum Gasteiger partial charge on any atom is 0.250 e. The van der Waals surface area contributed by atoms with Crippen LogP contribution in [0.2, 0.25) is 5.02 Å². The summed E-state index contributed by atoms with van der Waals surface area (Å²) in [4.78, 5) is 38.8. The zero-order valence-electron chi connectivity index (χ0n) is 19.0. The van der Waals surface area contributed by atoms with Gasteiger partial charge in [0.15, 0.2) is 0 Å². The van der Waals surface area contributed by atoms with Gasteiger partial charge in [0.2, 0.25) is 22.8 Å². The summed E-state index contributed by atoms with van der Waals surface area (Å²) in [6, 6.07) is 10.6. The molecule has 6 nitrogen and oxygen atoms in total. The molecule has 2 aromatic carbocycles. The van der Waals surface area contributed by atoms with Crippen molar-refractivity contribution in [2.75, 3.05) is 6.54 Å². The van der Waals surface area contributed by atoms with Gasteiger partial charge in [-0.15, -0.1) is 0 Å². The van der Waals surface area contributed by atoms with Crippen LogP contribution in [0.15, 0.2) is 66.8 Å². The van der Waals surface area contributed by atoms with Crippen LogP contribution in [0.3, 0.4) is 0 Å². The number of hydrogen-bond donors (Lipinski definition) is 2. The number of amides is 3. The number of hydrogen-bond acceptors (Lipinski definition) is 3. The lowest BCUT2D eigenvalue weighted by molar-refractivity contribution is -0.138. The first-order chi connectivity index (χ1) is 17.1. The monoisotopic (exact) mass is 533 g/mol. The van der Waals surface area contributed by atoms with Gasteiger partial charge in [0.05, 0.1) is 23.6 Å². The second kappa shape index (κ2) is 10.4. The topological polar surface area (TPSA) is 92.5 Å². The second-order valence-electron chi connectivity index (χ2n) is 8.69. The molecule has 0 aromatic heterocycles. The predicted octanol–water partition coefficient (Wildman–Crippen LogP) is 3.96. The molecule has 2 aliphatic rings. The number of rotatable bonds is 6. The van der Waals surface area contributed by atoms with Crippen molar-refractivity contribution in [2.45, 2.75) is 36.2 Å². The number of alkyl halides is 3. The first-order valence-corrected chi connectivity index (χ1v) is 12.0. The Hall–Kier alpha value is -3.23. The van der Waals surface area contributed by atoms with E-state index in [0.29, 0.717) is 11.1 Å². The predicted molar refractivity (Wildman–Crippen MR) is 134 cm³/mol. The highest BCUT2D eigenvalue weighted by Gasteiger charge is 2.45. The van der Waals surface area contributed by atoms with Crippen LogP contribution in [0, 0.1) is 0 Å². The molecular weight excluding hydrogens is 511 g/mol. The number of likely N-dealkylation sites (tertiary alicyclic amines) is 1. The molecule has 4 rings (SSSR count). The van der Waals surface area contributed by atoms with E-state index in [-0.39, 0.29) is 35.5 Å². The minimum Gasteiger partial charge on any atom is -0.366 e. The molecule has 0 saturated carbocycles. The molecule has 3 N–H and O–H groups in total. The van der Waals surface area contributed by atoms with Gasteiger partial charge >= 0.3 is 0 Å². The van der Waals surface area contributed by atoms with E-state index in [1.165, 1.54) is 24.3 Å². The van der Waals surface area contributed by atoms with Gasteiger partial charge < -0.3 is 16.0 Å². The molecule has 188 valence electrons. The molecule has 0 bridgehead atoms. The quantitative estimate of drug-likeness (QED) is 0.550. The highest BCUT2D eigenvalue weighted by Crippen LogP contribution is 2.40. The summed E-state index contributed by atoms with van der Waals surface area (Å²) in [5.74, 6) is -2.00. The van der Waals surface area contributed by atoms with E-state index in [2.05, 4.69) is 5.32 Å². The molecule has 1 fully saturated rings. The van der Waals surface area contributed by atoms with Crippen molar-refractivity contribution in [3.8, 4) is 0 Å². The van der Waals surface area contributed by atoms with Gasteiger partial charge in [-0.05, 0) is 23.3 Å². The van der Waals surface area contributed by atoms with Crippen molar-refractivity contribution in [3.63, 3.8) is 0 Å². The lowest BCUT2D eigenvalue weighted by atomic mass is 9.91. The van der Waals surface area contributed by atoms with E-state index >= 15 is 4.39 Å². The van der Waals surface area contributed by atoms with Crippen LogP contribution < -0.4 is 11.1 Å². The molecule has 4 atom stereocenters. The average molecular weight is 534 g/mol. The number of allylic oxidation sites excluding steroid dienone is 2. The molecular formula is C26H23Cl2F2N3O3. The molecule has 3 amide bonds. The fourth-order valence-corrected chi connectivity index (χ4v) is 4.92. The highest BCUT2D eigenvalue weighted by atomic mass is 35.5. The van der Waals surface area contributed by atoms with Crippen LogP contribution in [-0.2, 0) is 16.0 Å². The fourth-order valence-electron chi connectivity index (χ4n) is 4.41. The standard InChI is InChI=1S/C26H23Cl2F2N3O3/c27-20-10-9-15(11-18(20)24(31)35)12-23(34)33-14-17(29)13-21(33)25(36)32-22-8-4-7-19(26(22,28)30)16-5-2-1-3-6-16/h1-11,17,21-22H,12-14H2,(H2,31,35)(H,32,36)/t17-,21+,22?,26?/m1/s1. The van der Waals surface area contributed by atoms with E-state index in [4.69, 9.17) is 28.9 Å². The summed E-state index contributed by atoms with van der Waals surface area (Å²) in [6.45, 7) is -0.287. The number of carbonyl (C=O) groups excluding carboxylic acids is 3. The third kappa shape index (κ3) is 5.29. The molecule has 0 spiro atoms. The van der Waals surface area contributed by atoms with Crippen molar-refractivity contribution >= 4 is 46.5 Å². The van der Waals surface area contributed by atoms with Crippen molar-refractivity contribution in [2.24, 2.45) is 5.73 Å². The van der Waals surface area contributed by atoms with Crippen molar-refractivity contribution in [1.82, 2.24) is 10.2 Å². The molecule has 0 radical (unpaired) electrons. The number of benzene rings is 2. The highest BCUT2D eigenvalue weighted by molar-refractivity contribution is 6.33. The smallest absolute Gasteiger partial charge is 0.250 e. The van der Waals surface area contributed by atoms with Crippen molar-refractivity contribution in [3.05, 3.63) is 88.5 Å². The summed E-state index contributed by atoms with van der Waals surface area (Å²) < 4.78 is 30.1. The van der Waals surface area contributed by atoms with E-state index in [1.54, 1.807) is 42.5 Å². The Balaban J connectivity index is 1.48. The third-order valence-electron chi connectivity index (χ3n) is 6.22. The maximum absolute atomic E-state index is 15.7. The lowest BCUT2D eigenvalue weighted by Gasteiger charge is -2.33. The summed E-state index contributed by atoms with van der Waals surface area (Å²) in [6.07, 6.45) is 2.65. The Morgan fingerprint density at radius 2 is 1.89 bits per heavy atom. The Morgan fingerprint density at radius 3 is 2.58 bits per heavy atom. The Morgan fingerprint density at radius 1 is 1.17 bits per heavy atom. The zero-order chi connectivity index (χ0) is 26.0. The second-order valence-corrected chi connectivity index (χ2v) is 9.65. The molecule has 1 aliphatic heterocycles. The van der Waals surface area contributed by atoms with E-state index < -0.39 is 41.1 Å². The van der Waals surface area contributed by atoms with E-state index in [0.717, 1.165) is 4.90 Å². The molecule has 10 heteroatoms. The number of nitrogens with zero attached hydrogens (tertiary/aromatic N) is 1. The minimum absolute atomic E-state index is 0.0498. The number of nitrogens with one attached hydrogen (secondary N) is 1. The average Bonchev–Trinajstić information content (AvgIpc) is 3.24. The van der Waals surface area contributed by atoms with Crippen LogP contribution in [0.1, 0.15) is 27.9 Å². The van der Waals surface area contributed by atoms with Crippen LogP contribution in [-0.4, -0.2) is 52.5 Å². The van der Waals surface area contributed by atoms with Gasteiger partial charge in [-0.3, -0.25) is 14.4 Å². The molecule has 2 aromatic rings. The van der Waals surface area contributed by atoms with E-state index in [1.807, 2.05) is 0 Å². The zero-order valence-corrected chi connectivity index (χ0v) is 20.5. The molecule has 36 heavy (non-hydrogen) atoms. The van der Waals surface area contributed by atoms with Gasteiger partial charge in [-0.1, -0.05) is 77.8 Å². The molecule has 1 heterocycles. The third-order valence-corrected chi connectivity index (χ3v) is 6.99.